The summed E-state index contributed by atoms with van der Waals surface area (Å²) in [5.41, 5.74) is 0. The van der Waals surface area contributed by atoms with Gasteiger partial charge >= 0.3 is 17.9 Å². The number of hydrogen-bond acceptors (Lipinski definition) is 20. The highest BCUT2D eigenvalue weighted by molar-refractivity contribution is 7.86. The van der Waals surface area contributed by atoms with Crippen LogP contribution in [0.3, 0.4) is 0 Å². The number of cyclic esters (lactones) is 1. The fourth-order valence-electron chi connectivity index (χ4n) is 10.1. The summed E-state index contributed by atoms with van der Waals surface area (Å²) >= 11 is 0. The topological polar surface area (TPSA) is 226 Å². The molecule has 396 valence electrons. The number of carbonyl (C=O) groups is 4. The average molecular weight is 998 g/mol. The lowest BCUT2D eigenvalue weighted by Gasteiger charge is -2.48. The van der Waals surface area contributed by atoms with Crippen molar-refractivity contribution in [1.29, 1.82) is 0 Å². The molecule has 0 aliphatic carbocycles. The number of ether oxygens (including phenoxy) is 12. The number of rotatable bonds is 18. The molecule has 0 spiro atoms. The summed E-state index contributed by atoms with van der Waals surface area (Å²) in [6.07, 6.45) is -8.72. The van der Waals surface area contributed by atoms with Crippen LogP contribution in [-0.4, -0.2) is 185 Å². The third-order valence-electron chi connectivity index (χ3n) is 13.5. The third kappa shape index (κ3) is 17.1. The summed E-state index contributed by atoms with van der Waals surface area (Å²) in [6.45, 7) is 13.5. The minimum absolute atomic E-state index is 0.00927. The Morgan fingerprint density at radius 2 is 1.34 bits per heavy atom. The fraction of sp³-hybridized carbons (Fsp3) is 0.915. The summed E-state index contributed by atoms with van der Waals surface area (Å²) in [5, 5.41) is 0. The van der Waals surface area contributed by atoms with Gasteiger partial charge in [-0.1, -0.05) is 27.7 Å². The van der Waals surface area contributed by atoms with Crippen molar-refractivity contribution in [2.24, 2.45) is 29.6 Å². The summed E-state index contributed by atoms with van der Waals surface area (Å²) in [7, 11) is 6.84. The van der Waals surface area contributed by atoms with Crippen molar-refractivity contribution >= 4 is 33.8 Å². The molecule has 3 heterocycles. The van der Waals surface area contributed by atoms with E-state index in [1.807, 2.05) is 27.7 Å². The smallest absolute Gasteiger partial charge is 0.308 e. The molecule has 3 saturated heterocycles. The van der Waals surface area contributed by atoms with Crippen molar-refractivity contribution in [1.82, 2.24) is 4.90 Å². The number of ketones is 1. The zero-order chi connectivity index (χ0) is 51.2. The van der Waals surface area contributed by atoms with Crippen molar-refractivity contribution in [3.05, 3.63) is 0 Å². The molecule has 3 fully saturated rings. The molecule has 0 saturated carbocycles. The highest BCUT2D eigenvalue weighted by Gasteiger charge is 2.52. The van der Waals surface area contributed by atoms with Crippen LogP contribution in [0.15, 0.2) is 0 Å². The molecule has 3 aliphatic rings. The van der Waals surface area contributed by atoms with E-state index in [1.165, 1.54) is 35.2 Å². The van der Waals surface area contributed by atoms with Crippen LogP contribution >= 0.6 is 0 Å². The molecular formula is C47H83NO19S. The van der Waals surface area contributed by atoms with Gasteiger partial charge in [0.2, 0.25) is 0 Å². The molecule has 0 N–H and O–H groups in total. The van der Waals surface area contributed by atoms with Crippen LogP contribution in [0.4, 0.5) is 0 Å². The highest BCUT2D eigenvalue weighted by atomic mass is 32.2. The van der Waals surface area contributed by atoms with Gasteiger partial charge in [-0.05, 0) is 65.5 Å². The Labute approximate surface area is 404 Å². The fourth-order valence-corrected chi connectivity index (χ4v) is 10.8. The van der Waals surface area contributed by atoms with Crippen molar-refractivity contribution in [3.8, 4) is 0 Å². The minimum atomic E-state index is -4.24. The molecule has 8 unspecified atom stereocenters. The summed E-state index contributed by atoms with van der Waals surface area (Å²) < 4.78 is 105. The number of Topliss-reactive ketones (excluding diaryl/α,β-unsaturated/α-hetero) is 1. The summed E-state index contributed by atoms with van der Waals surface area (Å²) in [5.74, 6) is -4.57. The Bertz CT molecular complexity index is 1680. The molecule has 20 nitrogen and oxygen atoms in total. The Balaban J connectivity index is 2.17. The monoisotopic (exact) mass is 998 g/mol. The maximum atomic E-state index is 14.3. The van der Waals surface area contributed by atoms with Crippen molar-refractivity contribution in [3.63, 3.8) is 0 Å². The van der Waals surface area contributed by atoms with Crippen molar-refractivity contribution in [2.45, 2.75) is 186 Å². The first-order chi connectivity index (χ1) is 31.9. The predicted octanol–water partition coefficient (Wildman–Crippen LogP) is 4.07. The van der Waals surface area contributed by atoms with Crippen molar-refractivity contribution in [2.75, 3.05) is 62.5 Å². The van der Waals surface area contributed by atoms with E-state index in [0.717, 1.165) is 6.26 Å². The number of nitrogens with zero attached hydrogens (tertiary/aromatic N) is 1. The van der Waals surface area contributed by atoms with E-state index in [2.05, 4.69) is 0 Å². The minimum Gasteiger partial charge on any atom is -0.462 e. The van der Waals surface area contributed by atoms with Gasteiger partial charge in [0.25, 0.3) is 10.1 Å². The van der Waals surface area contributed by atoms with E-state index in [0.29, 0.717) is 19.3 Å². The normalized spacial score (nSPS) is 37.4. The SMILES string of the molecule is CCC1OC(=O)CC(OS(C)(=O)=O)C(C)C(O[C@@H]2O[C@H](C)[C@@H](OC(C)=O)[C@H](N(C)C)[C@H]2OC(C)=O)C(CC(OC)OC)CC(C)C(=O)CCC(C)CC1CO[C@@H]1O[C@H](C)[C@@H](OC)[C@@H](OC)[C@@H]1OC. The molecular weight excluding hydrogens is 915 g/mol. The molecule has 21 heteroatoms. The van der Waals surface area contributed by atoms with Gasteiger partial charge in [0, 0.05) is 80.0 Å². The van der Waals surface area contributed by atoms with Crippen LogP contribution in [0.5, 0.6) is 0 Å². The van der Waals surface area contributed by atoms with Gasteiger partial charge in [0.15, 0.2) is 25.0 Å². The number of carbonyl (C=O) groups excluding carboxylic acids is 4. The summed E-state index contributed by atoms with van der Waals surface area (Å²) in [4.78, 5) is 55.4. The van der Waals surface area contributed by atoms with E-state index in [-0.39, 0.29) is 37.6 Å². The van der Waals surface area contributed by atoms with Crippen LogP contribution in [-0.2, 0) is 90.3 Å². The van der Waals surface area contributed by atoms with Crippen molar-refractivity contribution < 1.29 is 88.6 Å². The van der Waals surface area contributed by atoms with Gasteiger partial charge in [0.1, 0.15) is 36.3 Å². The first-order valence-electron chi connectivity index (χ1n) is 23.8. The van der Waals surface area contributed by atoms with Gasteiger partial charge in [-0.15, -0.1) is 0 Å². The van der Waals surface area contributed by atoms with E-state index >= 15 is 0 Å². The molecule has 68 heavy (non-hydrogen) atoms. The maximum Gasteiger partial charge on any atom is 0.308 e. The number of hydrogen-bond donors (Lipinski definition) is 0. The molecule has 0 radical (unpaired) electrons. The first kappa shape index (κ1) is 59.9. The second-order valence-corrected chi connectivity index (χ2v) is 20.6. The summed E-state index contributed by atoms with van der Waals surface area (Å²) in [6, 6.07) is -0.775. The lowest BCUT2D eigenvalue weighted by atomic mass is 9.78. The highest BCUT2D eigenvalue weighted by Crippen LogP contribution is 2.39. The molecule has 0 aromatic carbocycles. The van der Waals surface area contributed by atoms with Gasteiger partial charge in [-0.3, -0.25) is 28.3 Å². The molecule has 3 rings (SSSR count). The number of esters is 3. The molecule has 0 bridgehead atoms. The zero-order valence-corrected chi connectivity index (χ0v) is 44.1. The van der Waals surface area contributed by atoms with Crippen LogP contribution in [0.25, 0.3) is 0 Å². The van der Waals surface area contributed by atoms with E-state index in [1.54, 1.807) is 47.1 Å². The molecule has 0 aromatic rings. The van der Waals surface area contributed by atoms with Crippen LogP contribution in [0.2, 0.25) is 0 Å². The van der Waals surface area contributed by atoms with Gasteiger partial charge in [0.05, 0.1) is 49.7 Å². The second kappa shape index (κ2) is 28.0. The van der Waals surface area contributed by atoms with Gasteiger partial charge in [-0.2, -0.15) is 8.42 Å². The van der Waals surface area contributed by atoms with E-state index in [9.17, 15) is 27.6 Å². The average Bonchev–Trinajstić information content (AvgIpc) is 3.25. The number of likely N-dealkylation sites (N-methyl/N-ethyl adjacent to an activating group) is 1. The van der Waals surface area contributed by atoms with Crippen LogP contribution < -0.4 is 0 Å². The van der Waals surface area contributed by atoms with Crippen LogP contribution in [0, 0.1) is 29.6 Å². The third-order valence-corrected chi connectivity index (χ3v) is 14.1. The second-order valence-electron chi connectivity index (χ2n) is 19.0. The Kier molecular flexibility index (Phi) is 24.7. The maximum absolute atomic E-state index is 14.3. The standard InChI is InChI=1S/C47H83NO19S/c1-17-35-33(24-60-46-45(59-15)44(58-14)42(57-13)29(6)61-46)20-25(2)18-19-34(51)26(3)21-32(22-38(55-11)56-12)40(27(4)36(23-37(52)65-35)67-68(16,53)54)66-47-43(64-31(8)50)39(48(9)10)41(28(5)62-47)63-30(7)49/h25-29,32-33,35-36,38-47H,17-24H2,1-16H3/t25?,26?,27?,28-,29-,32?,33?,35?,36?,39+,40?,41-,42-,43-,44-,45+,46-,47+/m1/s1. The largest absolute Gasteiger partial charge is 0.462 e. The van der Waals surface area contributed by atoms with Gasteiger partial charge in [-0.25, -0.2) is 0 Å². The van der Waals surface area contributed by atoms with E-state index in [4.69, 9.17) is 61.0 Å². The molecule has 3 aliphatic heterocycles. The number of methoxy groups -OCH3 is 5. The van der Waals surface area contributed by atoms with Crippen LogP contribution in [0.1, 0.15) is 100 Å². The predicted molar refractivity (Wildman–Crippen MR) is 245 cm³/mol. The lowest BCUT2D eigenvalue weighted by Crippen LogP contribution is -2.65. The Hall–Kier alpha value is -2.41. The molecule has 0 aromatic heterocycles. The zero-order valence-electron chi connectivity index (χ0n) is 43.2. The lowest BCUT2D eigenvalue weighted by molar-refractivity contribution is -0.309. The first-order valence-corrected chi connectivity index (χ1v) is 25.6. The quantitative estimate of drug-likeness (QED) is 0.0817. The Morgan fingerprint density at radius 1 is 0.765 bits per heavy atom. The molecule has 0 amide bonds. The van der Waals surface area contributed by atoms with Gasteiger partial charge < -0.3 is 56.8 Å². The molecule has 18 atom stereocenters. The van der Waals surface area contributed by atoms with E-state index < -0.39 is 144 Å². The Morgan fingerprint density at radius 3 is 1.87 bits per heavy atom.